The maximum Gasteiger partial charge on any atom is 0.359 e. The molecule has 0 saturated heterocycles. The highest BCUT2D eigenvalue weighted by molar-refractivity contribution is 6.01. The number of aliphatic hydroxyl groups excluding tert-OH is 1. The molecule has 0 aliphatic heterocycles. The number of hydrogen-bond donors (Lipinski definition) is 1. The largest absolute Gasteiger partial charge is 0.464 e. The van der Waals surface area contributed by atoms with Crippen molar-refractivity contribution in [2.24, 2.45) is 0 Å². The van der Waals surface area contributed by atoms with E-state index in [9.17, 15) is 9.90 Å². The molecule has 0 spiro atoms. The number of nitriles is 1. The molecule has 1 unspecified atom stereocenters. The third kappa shape index (κ3) is 5.26. The Balaban J connectivity index is 2.07. The number of aliphatic hydroxyl groups is 1. The minimum absolute atomic E-state index is 0.156. The Morgan fingerprint density at radius 3 is 2.87 bits per heavy atom. The highest BCUT2D eigenvalue weighted by atomic mass is 16.5. The average Bonchev–Trinajstić information content (AvgIpc) is 3.15. The van der Waals surface area contributed by atoms with Gasteiger partial charge >= 0.3 is 5.97 Å². The number of rotatable bonds is 6. The van der Waals surface area contributed by atoms with Gasteiger partial charge in [0.25, 0.3) is 0 Å². The van der Waals surface area contributed by atoms with Gasteiger partial charge < -0.3 is 14.7 Å². The third-order valence-corrected chi connectivity index (χ3v) is 4.56. The van der Waals surface area contributed by atoms with Gasteiger partial charge in [-0.05, 0) is 56.4 Å². The van der Waals surface area contributed by atoms with Crippen LogP contribution in [0.5, 0.6) is 0 Å². The Morgan fingerprint density at radius 1 is 1.35 bits per heavy atom. The van der Waals surface area contributed by atoms with Gasteiger partial charge in [0, 0.05) is 18.3 Å². The maximum atomic E-state index is 12.2. The summed E-state index contributed by atoms with van der Waals surface area (Å²) in [6.45, 7) is 0.719. The predicted octanol–water partition coefficient (Wildman–Crippen LogP) is 1.94. The zero-order valence-electron chi connectivity index (χ0n) is 17.7. The molecule has 0 aliphatic rings. The Morgan fingerprint density at radius 2 is 2.16 bits per heavy atom. The highest BCUT2D eigenvalue weighted by Crippen LogP contribution is 2.23. The molecule has 0 aliphatic carbocycles. The Hall–Kier alpha value is -3.72. The molecule has 0 bridgehead atoms. The molecule has 8 nitrogen and oxygen atoms in total. The van der Waals surface area contributed by atoms with E-state index in [0.717, 1.165) is 12.1 Å². The van der Waals surface area contributed by atoms with Gasteiger partial charge in [0.05, 0.1) is 30.7 Å². The SMILES string of the molecule is COC(=O)c1nn(-c2cc(C#CC(O)CCN(C)C)cc(CC#N)c2)c2ncccc12. The standard InChI is InChI=1S/C23H23N5O3/c1-27(2)12-9-19(29)7-6-16-13-17(8-10-24)15-18(14-16)28-22-20(5-4-11-25-22)21(26-28)23(30)31-3/h4-5,11,13-15,19,29H,8-9,12H2,1-3H3. The summed E-state index contributed by atoms with van der Waals surface area (Å²) >= 11 is 0. The predicted molar refractivity (Wildman–Crippen MR) is 116 cm³/mol. The molecule has 2 heterocycles. The maximum absolute atomic E-state index is 12.2. The number of nitrogens with zero attached hydrogens (tertiary/aromatic N) is 5. The molecule has 8 heteroatoms. The van der Waals surface area contributed by atoms with Crippen LogP contribution in [0.15, 0.2) is 36.5 Å². The summed E-state index contributed by atoms with van der Waals surface area (Å²) < 4.78 is 6.38. The van der Waals surface area contributed by atoms with Gasteiger partial charge in [-0.2, -0.15) is 10.4 Å². The number of fused-ring (bicyclic) bond motifs is 1. The molecule has 1 atom stereocenters. The van der Waals surface area contributed by atoms with Crippen molar-refractivity contribution in [3.8, 4) is 23.6 Å². The number of aromatic nitrogens is 3. The van der Waals surface area contributed by atoms with Crippen molar-refractivity contribution < 1.29 is 14.6 Å². The van der Waals surface area contributed by atoms with E-state index in [0.29, 0.717) is 28.7 Å². The number of esters is 1. The zero-order chi connectivity index (χ0) is 22.4. The number of carbonyl (C=O) groups excluding carboxylic acids is 1. The second kappa shape index (κ2) is 9.86. The normalized spacial score (nSPS) is 11.6. The van der Waals surface area contributed by atoms with Crippen molar-refractivity contribution in [3.63, 3.8) is 0 Å². The van der Waals surface area contributed by atoms with Gasteiger partial charge in [0.15, 0.2) is 11.3 Å². The summed E-state index contributed by atoms with van der Waals surface area (Å²) in [6.07, 6.45) is 1.56. The summed E-state index contributed by atoms with van der Waals surface area (Å²) in [5, 5.41) is 24.3. The van der Waals surface area contributed by atoms with Crippen LogP contribution in [-0.4, -0.2) is 64.6 Å². The smallest absolute Gasteiger partial charge is 0.359 e. The van der Waals surface area contributed by atoms with Crippen LogP contribution in [0.25, 0.3) is 16.7 Å². The van der Waals surface area contributed by atoms with Crippen LogP contribution in [0, 0.1) is 23.2 Å². The highest BCUT2D eigenvalue weighted by Gasteiger charge is 2.19. The van der Waals surface area contributed by atoms with Gasteiger partial charge in [-0.1, -0.05) is 11.8 Å². The lowest BCUT2D eigenvalue weighted by Crippen LogP contribution is -2.18. The summed E-state index contributed by atoms with van der Waals surface area (Å²) in [5.74, 6) is 5.27. The van der Waals surface area contributed by atoms with E-state index < -0.39 is 12.1 Å². The lowest BCUT2D eigenvalue weighted by molar-refractivity contribution is 0.0595. The molecule has 1 N–H and O–H groups in total. The molecular weight excluding hydrogens is 394 g/mol. The fraction of sp³-hybridized carbons (Fsp3) is 0.304. The Labute approximate surface area is 180 Å². The number of ether oxygens (including phenoxy) is 1. The van der Waals surface area contributed by atoms with Crippen molar-refractivity contribution >= 4 is 17.0 Å². The van der Waals surface area contributed by atoms with Gasteiger partial charge in [-0.15, -0.1) is 0 Å². The average molecular weight is 417 g/mol. The second-order valence-corrected chi connectivity index (χ2v) is 7.23. The van der Waals surface area contributed by atoms with Crippen LogP contribution in [0.4, 0.5) is 0 Å². The topological polar surface area (TPSA) is 104 Å². The molecule has 0 fully saturated rings. The lowest BCUT2D eigenvalue weighted by Gasteiger charge is -2.10. The van der Waals surface area contributed by atoms with E-state index in [2.05, 4.69) is 28.0 Å². The van der Waals surface area contributed by atoms with Crippen LogP contribution in [0.3, 0.4) is 0 Å². The first-order chi connectivity index (χ1) is 14.9. The first kappa shape index (κ1) is 22.0. The molecule has 0 amide bonds. The van der Waals surface area contributed by atoms with E-state index in [1.165, 1.54) is 11.8 Å². The fourth-order valence-corrected chi connectivity index (χ4v) is 3.06. The van der Waals surface area contributed by atoms with Gasteiger partial charge in [-0.3, -0.25) is 0 Å². The Bertz CT molecular complexity index is 1200. The van der Waals surface area contributed by atoms with E-state index in [1.807, 2.05) is 19.0 Å². The van der Waals surface area contributed by atoms with E-state index in [4.69, 9.17) is 10.00 Å². The third-order valence-electron chi connectivity index (χ3n) is 4.56. The van der Waals surface area contributed by atoms with Crippen molar-refractivity contribution in [3.05, 3.63) is 53.3 Å². The van der Waals surface area contributed by atoms with Crippen molar-refractivity contribution in [1.29, 1.82) is 5.26 Å². The van der Waals surface area contributed by atoms with Crippen LogP contribution in [0.2, 0.25) is 0 Å². The van der Waals surface area contributed by atoms with Crippen molar-refractivity contribution in [2.75, 3.05) is 27.7 Å². The number of hydrogen-bond acceptors (Lipinski definition) is 7. The molecule has 1 aromatic carbocycles. The van der Waals surface area contributed by atoms with Crippen LogP contribution in [-0.2, 0) is 11.2 Å². The molecular formula is C23H23N5O3. The van der Waals surface area contributed by atoms with E-state index in [-0.39, 0.29) is 12.1 Å². The van der Waals surface area contributed by atoms with Gasteiger partial charge in [0.2, 0.25) is 0 Å². The Kier molecular flexibility index (Phi) is 6.99. The minimum Gasteiger partial charge on any atom is -0.464 e. The summed E-state index contributed by atoms with van der Waals surface area (Å²) in [6, 6.07) is 11.0. The molecule has 31 heavy (non-hydrogen) atoms. The van der Waals surface area contributed by atoms with Crippen molar-refractivity contribution in [1.82, 2.24) is 19.7 Å². The summed E-state index contributed by atoms with van der Waals surface area (Å²) in [7, 11) is 5.16. The zero-order valence-corrected chi connectivity index (χ0v) is 17.7. The van der Waals surface area contributed by atoms with Crippen molar-refractivity contribution in [2.45, 2.75) is 18.9 Å². The molecule has 0 saturated carbocycles. The number of methoxy groups -OCH3 is 1. The minimum atomic E-state index is -0.761. The lowest BCUT2D eigenvalue weighted by atomic mass is 10.1. The van der Waals surface area contributed by atoms with Crippen LogP contribution >= 0.6 is 0 Å². The van der Waals surface area contributed by atoms with Gasteiger partial charge in [0.1, 0.15) is 6.10 Å². The van der Waals surface area contributed by atoms with Gasteiger partial charge in [-0.25, -0.2) is 14.5 Å². The van der Waals surface area contributed by atoms with E-state index in [1.54, 1.807) is 36.5 Å². The first-order valence-corrected chi connectivity index (χ1v) is 9.70. The molecule has 158 valence electrons. The quantitative estimate of drug-likeness (QED) is 0.483. The monoisotopic (exact) mass is 417 g/mol. The molecule has 0 radical (unpaired) electrons. The fourth-order valence-electron chi connectivity index (χ4n) is 3.06. The first-order valence-electron chi connectivity index (χ1n) is 9.70. The molecule has 2 aromatic heterocycles. The second-order valence-electron chi connectivity index (χ2n) is 7.23. The molecule has 3 aromatic rings. The number of benzene rings is 1. The molecule has 3 rings (SSSR count). The van der Waals surface area contributed by atoms with E-state index >= 15 is 0 Å². The summed E-state index contributed by atoms with van der Waals surface area (Å²) in [5.41, 5.74) is 2.63. The number of carbonyl (C=O) groups is 1. The van der Waals surface area contributed by atoms with Crippen LogP contribution < -0.4 is 0 Å². The summed E-state index contributed by atoms with van der Waals surface area (Å²) in [4.78, 5) is 18.5. The number of pyridine rings is 1. The van der Waals surface area contributed by atoms with Crippen LogP contribution in [0.1, 0.15) is 28.0 Å².